The highest BCUT2D eigenvalue weighted by molar-refractivity contribution is 5.77. The monoisotopic (exact) mass is 570 g/mol. The topological polar surface area (TPSA) is 64.4 Å². The van der Waals surface area contributed by atoms with Crippen LogP contribution in [0.5, 0.6) is 0 Å². The lowest BCUT2D eigenvalue weighted by Crippen LogP contribution is -2.15. The molecule has 0 amide bonds. The molecule has 1 heterocycles. The van der Waals surface area contributed by atoms with E-state index in [1.807, 2.05) is 13.8 Å². The first-order chi connectivity index (χ1) is 21.0. The number of anilines is 1. The summed E-state index contributed by atoms with van der Waals surface area (Å²) in [6.45, 7) is 4.27. The number of rotatable bonds is 12. The normalized spacial score (nSPS) is 14.2. The second-order valence-electron chi connectivity index (χ2n) is 11.5. The number of aryl methyl sites for hydroxylation is 2. The number of hydrogen-bond acceptors (Lipinski definition) is 5. The van der Waals surface area contributed by atoms with E-state index >= 15 is 0 Å². The van der Waals surface area contributed by atoms with Crippen LogP contribution in [0.25, 0.3) is 22.5 Å². The van der Waals surface area contributed by atoms with Crippen LogP contribution < -0.4 is 5.32 Å². The second kappa shape index (κ2) is 12.7. The van der Waals surface area contributed by atoms with Gasteiger partial charge >= 0.3 is 5.97 Å². The highest BCUT2D eigenvalue weighted by Crippen LogP contribution is 2.51. The predicted octanol–water partition coefficient (Wildman–Crippen LogP) is 9.09. The fourth-order valence-corrected chi connectivity index (χ4v) is 5.91. The van der Waals surface area contributed by atoms with Crippen molar-refractivity contribution in [1.82, 2.24) is 5.16 Å². The molecule has 1 aliphatic carbocycles. The Balaban J connectivity index is 1.19. The Morgan fingerprint density at radius 1 is 0.860 bits per heavy atom. The molecule has 1 unspecified atom stereocenters. The summed E-state index contributed by atoms with van der Waals surface area (Å²) < 4.78 is 11.1. The van der Waals surface area contributed by atoms with Gasteiger partial charge in [-0.05, 0) is 67.3 Å². The number of hydrogen-bond donors (Lipinski definition) is 1. The SMILES string of the molecule is CCOC(=O)CC1(c2ccc(-c3ccc(-c4onc(C)c4NC(CCc4ccccc4)c4ccccc4)cc3)cc2)CC1. The van der Waals surface area contributed by atoms with Crippen LogP contribution in [0.2, 0.25) is 0 Å². The molecule has 0 spiro atoms. The van der Waals surface area contributed by atoms with Crippen LogP contribution in [-0.4, -0.2) is 17.7 Å². The van der Waals surface area contributed by atoms with Gasteiger partial charge in [-0.25, -0.2) is 0 Å². The van der Waals surface area contributed by atoms with E-state index < -0.39 is 0 Å². The number of carbonyl (C=O) groups is 1. The van der Waals surface area contributed by atoms with Crippen LogP contribution in [0.4, 0.5) is 5.69 Å². The van der Waals surface area contributed by atoms with Crippen molar-refractivity contribution in [3.05, 3.63) is 132 Å². The maximum absolute atomic E-state index is 12.1. The molecule has 1 atom stereocenters. The molecule has 5 heteroatoms. The molecular formula is C38H38N2O3. The van der Waals surface area contributed by atoms with E-state index in [-0.39, 0.29) is 17.4 Å². The predicted molar refractivity (Wildman–Crippen MR) is 172 cm³/mol. The summed E-state index contributed by atoms with van der Waals surface area (Å²) in [7, 11) is 0. The van der Waals surface area contributed by atoms with E-state index in [4.69, 9.17) is 9.26 Å². The molecule has 1 fully saturated rings. The Morgan fingerprint density at radius 2 is 1.47 bits per heavy atom. The van der Waals surface area contributed by atoms with Gasteiger partial charge in [0.2, 0.25) is 0 Å². The number of esters is 1. The van der Waals surface area contributed by atoms with Crippen LogP contribution in [0.1, 0.15) is 61.0 Å². The molecule has 43 heavy (non-hydrogen) atoms. The van der Waals surface area contributed by atoms with Gasteiger partial charge in [-0.3, -0.25) is 4.79 Å². The van der Waals surface area contributed by atoms with Crippen molar-refractivity contribution < 1.29 is 14.1 Å². The standard InChI is InChI=1S/C38H38N2O3/c1-3-42-35(41)26-38(24-25-38)33-21-19-30(20-22-33)29-15-17-32(18-16-29)37-36(27(2)40-43-37)39-34(31-12-8-5-9-13-31)23-14-28-10-6-4-7-11-28/h4-13,15-22,34,39H,3,14,23-26H2,1-2H3. The van der Waals surface area contributed by atoms with Crippen molar-refractivity contribution in [3.63, 3.8) is 0 Å². The minimum atomic E-state index is -0.109. The molecule has 0 saturated heterocycles. The fraction of sp³-hybridized carbons (Fsp3) is 0.263. The minimum Gasteiger partial charge on any atom is -0.466 e. The fourth-order valence-electron chi connectivity index (χ4n) is 5.91. The van der Waals surface area contributed by atoms with Crippen molar-refractivity contribution in [2.75, 3.05) is 11.9 Å². The average molecular weight is 571 g/mol. The molecule has 5 nitrogen and oxygen atoms in total. The van der Waals surface area contributed by atoms with Gasteiger partial charge in [0.05, 0.1) is 19.1 Å². The molecular weight excluding hydrogens is 532 g/mol. The van der Waals surface area contributed by atoms with Gasteiger partial charge in [0.1, 0.15) is 11.4 Å². The summed E-state index contributed by atoms with van der Waals surface area (Å²) in [5, 5.41) is 8.12. The molecule has 218 valence electrons. The molecule has 4 aromatic carbocycles. The third-order valence-corrected chi connectivity index (χ3v) is 8.57. The Morgan fingerprint density at radius 3 is 2.09 bits per heavy atom. The van der Waals surface area contributed by atoms with Crippen molar-refractivity contribution in [2.45, 2.75) is 57.4 Å². The van der Waals surface area contributed by atoms with Crippen molar-refractivity contribution in [2.24, 2.45) is 0 Å². The van der Waals surface area contributed by atoms with Crippen LogP contribution in [0.3, 0.4) is 0 Å². The van der Waals surface area contributed by atoms with Gasteiger partial charge in [0.25, 0.3) is 0 Å². The molecule has 1 saturated carbocycles. The lowest BCUT2D eigenvalue weighted by molar-refractivity contribution is -0.143. The first kappa shape index (κ1) is 28.5. The lowest BCUT2D eigenvalue weighted by Gasteiger charge is -2.21. The van der Waals surface area contributed by atoms with Crippen molar-refractivity contribution in [3.8, 4) is 22.5 Å². The maximum Gasteiger partial charge on any atom is 0.306 e. The Labute approximate surface area is 253 Å². The van der Waals surface area contributed by atoms with Gasteiger partial charge in [-0.15, -0.1) is 0 Å². The number of nitrogens with one attached hydrogen (secondary N) is 1. The molecule has 0 aliphatic heterocycles. The third kappa shape index (κ3) is 6.56. The zero-order chi connectivity index (χ0) is 29.6. The number of ether oxygens (including phenoxy) is 1. The number of carbonyl (C=O) groups excluding carboxylic acids is 1. The summed E-state index contributed by atoms with van der Waals surface area (Å²) in [6.07, 6.45) is 4.42. The minimum absolute atomic E-state index is 0.0547. The third-order valence-electron chi connectivity index (χ3n) is 8.57. The average Bonchev–Trinajstić information content (AvgIpc) is 3.74. The van der Waals surface area contributed by atoms with Crippen molar-refractivity contribution >= 4 is 11.7 Å². The summed E-state index contributed by atoms with van der Waals surface area (Å²) >= 11 is 0. The van der Waals surface area contributed by atoms with E-state index in [0.29, 0.717) is 13.0 Å². The van der Waals surface area contributed by atoms with E-state index in [9.17, 15) is 4.79 Å². The highest BCUT2D eigenvalue weighted by Gasteiger charge is 2.46. The molecule has 1 aliphatic rings. The largest absolute Gasteiger partial charge is 0.466 e. The van der Waals surface area contributed by atoms with Gasteiger partial charge in [-0.2, -0.15) is 0 Å². The van der Waals surface area contributed by atoms with Crippen LogP contribution in [-0.2, 0) is 21.4 Å². The van der Waals surface area contributed by atoms with Crippen molar-refractivity contribution in [1.29, 1.82) is 0 Å². The van der Waals surface area contributed by atoms with Gasteiger partial charge in [-0.1, -0.05) is 114 Å². The van der Waals surface area contributed by atoms with E-state index in [1.54, 1.807) is 0 Å². The van der Waals surface area contributed by atoms with Gasteiger partial charge in [0.15, 0.2) is 5.76 Å². The summed E-state index contributed by atoms with van der Waals surface area (Å²) in [5.74, 6) is 0.636. The van der Waals surface area contributed by atoms with E-state index in [1.165, 1.54) is 16.7 Å². The van der Waals surface area contributed by atoms with E-state index in [0.717, 1.165) is 59.5 Å². The number of benzene rings is 4. The van der Waals surface area contributed by atoms with Crippen LogP contribution in [0.15, 0.2) is 114 Å². The van der Waals surface area contributed by atoms with Gasteiger partial charge in [0, 0.05) is 11.0 Å². The van der Waals surface area contributed by atoms with E-state index in [2.05, 4.69) is 120 Å². The zero-order valence-electron chi connectivity index (χ0n) is 24.9. The Kier molecular flexibility index (Phi) is 8.41. The van der Waals surface area contributed by atoms with Crippen LogP contribution >= 0.6 is 0 Å². The molecule has 5 aromatic rings. The number of aromatic nitrogens is 1. The maximum atomic E-state index is 12.1. The molecule has 6 rings (SSSR count). The summed E-state index contributed by atoms with van der Waals surface area (Å²) in [6, 6.07) is 38.4. The quantitative estimate of drug-likeness (QED) is 0.152. The Hall–Kier alpha value is -4.64. The zero-order valence-corrected chi connectivity index (χ0v) is 24.9. The molecule has 1 N–H and O–H groups in total. The van der Waals surface area contributed by atoms with Crippen LogP contribution in [0, 0.1) is 6.92 Å². The van der Waals surface area contributed by atoms with Gasteiger partial charge < -0.3 is 14.6 Å². The smallest absolute Gasteiger partial charge is 0.306 e. The molecule has 1 aromatic heterocycles. The Bertz CT molecular complexity index is 1640. The summed E-state index contributed by atoms with van der Waals surface area (Å²) in [4.78, 5) is 12.1. The molecule has 0 radical (unpaired) electrons. The summed E-state index contributed by atoms with van der Waals surface area (Å²) in [5.41, 5.74) is 8.73. The molecule has 0 bridgehead atoms. The second-order valence-corrected chi connectivity index (χ2v) is 11.5. The highest BCUT2D eigenvalue weighted by atomic mass is 16.5. The number of nitrogens with zero attached hydrogens (tertiary/aromatic N) is 1. The lowest BCUT2D eigenvalue weighted by atomic mass is 9.91. The first-order valence-electron chi connectivity index (χ1n) is 15.2. The first-order valence-corrected chi connectivity index (χ1v) is 15.2.